The van der Waals surface area contributed by atoms with E-state index in [-0.39, 0.29) is 13.2 Å². The van der Waals surface area contributed by atoms with Gasteiger partial charge in [-0.05, 0) is 53.8 Å². The third-order valence-electron chi connectivity index (χ3n) is 5.36. The van der Waals surface area contributed by atoms with Crippen molar-refractivity contribution in [2.24, 2.45) is 0 Å². The summed E-state index contributed by atoms with van der Waals surface area (Å²) in [5, 5.41) is 23.3. The van der Waals surface area contributed by atoms with Gasteiger partial charge in [0, 0.05) is 27.4 Å². The maximum Gasteiger partial charge on any atom is 0.144 e. The molecule has 4 nitrogen and oxygen atoms in total. The Morgan fingerprint density at radius 2 is 1.57 bits per heavy atom. The number of pyridine rings is 1. The molecule has 0 saturated carbocycles. The molecule has 4 heteroatoms. The minimum Gasteiger partial charge on any atom is -0.455 e. The van der Waals surface area contributed by atoms with Crippen LogP contribution in [0, 0.1) is 6.92 Å². The predicted molar refractivity (Wildman–Crippen MR) is 111 cm³/mol. The smallest absolute Gasteiger partial charge is 0.144 e. The number of para-hydroxylation sites is 2. The molecule has 28 heavy (non-hydrogen) atoms. The molecule has 0 saturated heterocycles. The number of nitrogens with zero attached hydrogens (tertiary/aromatic N) is 1. The second-order valence-corrected chi connectivity index (χ2v) is 7.03. The quantitative estimate of drug-likeness (QED) is 0.465. The number of hydrogen-bond donors (Lipinski definition) is 2. The average molecular weight is 369 g/mol. The zero-order valence-corrected chi connectivity index (χ0v) is 15.4. The summed E-state index contributed by atoms with van der Waals surface area (Å²) >= 11 is 0. The number of benzene rings is 3. The highest BCUT2D eigenvalue weighted by atomic mass is 16.3. The van der Waals surface area contributed by atoms with Gasteiger partial charge in [-0.2, -0.15) is 0 Å². The van der Waals surface area contributed by atoms with Crippen molar-refractivity contribution in [1.29, 1.82) is 0 Å². The fourth-order valence-electron chi connectivity index (χ4n) is 3.94. The highest BCUT2D eigenvalue weighted by Crippen LogP contribution is 2.36. The molecule has 0 amide bonds. The van der Waals surface area contributed by atoms with Crippen LogP contribution in [-0.4, -0.2) is 15.2 Å². The molecular formula is C24H19NO3. The second-order valence-electron chi connectivity index (χ2n) is 7.03. The number of fused-ring (bicyclic) bond motifs is 4. The van der Waals surface area contributed by atoms with Gasteiger partial charge < -0.3 is 14.6 Å². The lowest BCUT2D eigenvalue weighted by Crippen LogP contribution is -1.97. The van der Waals surface area contributed by atoms with Gasteiger partial charge in [0.05, 0.1) is 18.9 Å². The molecule has 2 aromatic heterocycles. The van der Waals surface area contributed by atoms with Crippen molar-refractivity contribution in [3.05, 3.63) is 77.5 Å². The first-order valence-corrected chi connectivity index (χ1v) is 9.25. The van der Waals surface area contributed by atoms with Crippen LogP contribution >= 0.6 is 0 Å². The van der Waals surface area contributed by atoms with Crippen LogP contribution in [0.15, 0.2) is 65.1 Å². The van der Waals surface area contributed by atoms with Crippen LogP contribution in [0.3, 0.4) is 0 Å². The fraction of sp³-hybridized carbons (Fsp3) is 0.125. The predicted octanol–water partition coefficient (Wildman–Crippen LogP) is 5.09. The van der Waals surface area contributed by atoms with E-state index in [1.807, 2.05) is 55.5 Å². The Labute approximate surface area is 161 Å². The maximum atomic E-state index is 9.64. The van der Waals surface area contributed by atoms with Crippen molar-refractivity contribution in [2.45, 2.75) is 20.1 Å². The van der Waals surface area contributed by atoms with Crippen LogP contribution in [0.5, 0.6) is 0 Å². The van der Waals surface area contributed by atoms with Gasteiger partial charge in [0.2, 0.25) is 0 Å². The Morgan fingerprint density at radius 1 is 0.821 bits per heavy atom. The number of aliphatic hydroxyl groups excluding tert-OH is 2. The first-order chi connectivity index (χ1) is 13.7. The van der Waals surface area contributed by atoms with Gasteiger partial charge in [-0.3, -0.25) is 4.98 Å². The van der Waals surface area contributed by atoms with Crippen molar-refractivity contribution in [3.63, 3.8) is 0 Å². The molecule has 0 aliphatic heterocycles. The molecule has 0 aliphatic rings. The first-order valence-electron chi connectivity index (χ1n) is 9.25. The van der Waals surface area contributed by atoms with E-state index in [9.17, 15) is 10.2 Å². The Morgan fingerprint density at radius 3 is 2.39 bits per heavy atom. The van der Waals surface area contributed by atoms with E-state index in [1.165, 1.54) is 0 Å². The molecule has 5 aromatic rings. The Kier molecular flexibility index (Phi) is 3.90. The second kappa shape index (κ2) is 6.44. The molecule has 0 bridgehead atoms. The molecule has 3 aromatic carbocycles. The van der Waals surface area contributed by atoms with E-state index < -0.39 is 0 Å². The van der Waals surface area contributed by atoms with E-state index in [1.54, 1.807) is 0 Å². The lowest BCUT2D eigenvalue weighted by Gasteiger charge is -2.11. The van der Waals surface area contributed by atoms with Crippen LogP contribution in [0.4, 0.5) is 0 Å². The Balaban J connectivity index is 1.79. The molecule has 0 radical (unpaired) electrons. The molecular weight excluding hydrogens is 350 g/mol. The average Bonchev–Trinajstić information content (AvgIpc) is 3.11. The summed E-state index contributed by atoms with van der Waals surface area (Å²) in [6.45, 7) is 1.75. The zero-order chi connectivity index (χ0) is 19.3. The molecule has 2 N–H and O–H groups in total. The van der Waals surface area contributed by atoms with Gasteiger partial charge in [0.1, 0.15) is 11.2 Å². The SMILES string of the molecule is Cc1nc(-c2cccc3c2oc2ccccc23)cc2cc(CO)c(CO)cc12. The summed E-state index contributed by atoms with van der Waals surface area (Å²) in [4.78, 5) is 4.82. The number of aliphatic hydroxyl groups is 2. The molecule has 138 valence electrons. The summed E-state index contributed by atoms with van der Waals surface area (Å²) in [6, 6.07) is 20.0. The Bertz CT molecular complexity index is 1350. The lowest BCUT2D eigenvalue weighted by atomic mass is 9.98. The van der Waals surface area contributed by atoms with E-state index >= 15 is 0 Å². The fourth-order valence-corrected chi connectivity index (χ4v) is 3.94. The molecule has 0 aliphatic carbocycles. The number of aryl methyl sites for hydroxylation is 1. The van der Waals surface area contributed by atoms with E-state index in [0.717, 1.165) is 60.8 Å². The van der Waals surface area contributed by atoms with Crippen molar-refractivity contribution >= 4 is 32.7 Å². The van der Waals surface area contributed by atoms with Gasteiger partial charge in [0.25, 0.3) is 0 Å². The van der Waals surface area contributed by atoms with Crippen LogP contribution in [0.1, 0.15) is 16.8 Å². The van der Waals surface area contributed by atoms with E-state index in [2.05, 4.69) is 12.1 Å². The number of hydrogen-bond acceptors (Lipinski definition) is 4. The van der Waals surface area contributed by atoms with Gasteiger partial charge in [-0.25, -0.2) is 0 Å². The standard InChI is InChI=1S/C24H19NO3/c1-14-21-10-17(13-27)16(12-26)9-15(21)11-22(25-14)20-7-4-6-19-18-5-2-3-8-23(18)28-24(19)20/h2-11,26-27H,12-13H2,1H3. The van der Waals surface area contributed by atoms with Crippen molar-refractivity contribution < 1.29 is 14.6 Å². The monoisotopic (exact) mass is 369 g/mol. The van der Waals surface area contributed by atoms with Gasteiger partial charge in [0.15, 0.2) is 0 Å². The van der Waals surface area contributed by atoms with Gasteiger partial charge >= 0.3 is 0 Å². The summed E-state index contributed by atoms with van der Waals surface area (Å²) in [6.07, 6.45) is 0. The highest BCUT2D eigenvalue weighted by Gasteiger charge is 2.15. The number of aromatic nitrogens is 1. The molecule has 2 heterocycles. The minimum atomic E-state index is -0.109. The zero-order valence-electron chi connectivity index (χ0n) is 15.4. The van der Waals surface area contributed by atoms with E-state index in [0.29, 0.717) is 0 Å². The summed E-state index contributed by atoms with van der Waals surface area (Å²) in [7, 11) is 0. The number of rotatable bonds is 3. The van der Waals surface area contributed by atoms with Gasteiger partial charge in [-0.1, -0.05) is 30.3 Å². The summed E-state index contributed by atoms with van der Waals surface area (Å²) < 4.78 is 6.16. The first kappa shape index (κ1) is 16.9. The van der Waals surface area contributed by atoms with E-state index in [4.69, 9.17) is 9.40 Å². The normalized spacial score (nSPS) is 11.7. The topological polar surface area (TPSA) is 66.5 Å². The van der Waals surface area contributed by atoms with Crippen LogP contribution < -0.4 is 0 Å². The minimum absolute atomic E-state index is 0.106. The van der Waals surface area contributed by atoms with Crippen molar-refractivity contribution in [1.82, 2.24) is 4.98 Å². The molecule has 0 atom stereocenters. The van der Waals surface area contributed by atoms with Gasteiger partial charge in [-0.15, -0.1) is 0 Å². The molecule has 0 unspecified atom stereocenters. The largest absolute Gasteiger partial charge is 0.455 e. The summed E-state index contributed by atoms with van der Waals surface area (Å²) in [5.74, 6) is 0. The van der Waals surface area contributed by atoms with Crippen molar-refractivity contribution in [3.8, 4) is 11.3 Å². The molecule has 5 rings (SSSR count). The summed E-state index contributed by atoms with van der Waals surface area (Å²) in [5.41, 5.74) is 5.79. The third-order valence-corrected chi connectivity index (χ3v) is 5.36. The lowest BCUT2D eigenvalue weighted by molar-refractivity contribution is 0.260. The third kappa shape index (κ3) is 2.50. The number of furan rings is 1. The molecule has 0 fully saturated rings. The highest BCUT2D eigenvalue weighted by molar-refractivity contribution is 6.09. The Hall–Kier alpha value is -3.21. The molecule has 0 spiro atoms. The van der Waals surface area contributed by atoms with Crippen LogP contribution in [0.25, 0.3) is 44.0 Å². The van der Waals surface area contributed by atoms with Crippen LogP contribution in [0.2, 0.25) is 0 Å². The van der Waals surface area contributed by atoms with Crippen molar-refractivity contribution in [2.75, 3.05) is 0 Å². The van der Waals surface area contributed by atoms with Crippen LogP contribution in [-0.2, 0) is 13.2 Å². The maximum absolute atomic E-state index is 9.64.